The van der Waals surface area contributed by atoms with E-state index in [2.05, 4.69) is 5.32 Å². The highest BCUT2D eigenvalue weighted by atomic mass is 19.1. The van der Waals surface area contributed by atoms with Crippen LogP contribution in [-0.4, -0.2) is 30.8 Å². The molecule has 1 saturated heterocycles. The van der Waals surface area contributed by atoms with E-state index in [1.807, 2.05) is 6.92 Å². The molecule has 1 aliphatic rings. The van der Waals surface area contributed by atoms with Gasteiger partial charge in [-0.15, -0.1) is 0 Å². The fourth-order valence-corrected chi connectivity index (χ4v) is 2.86. The van der Waals surface area contributed by atoms with E-state index in [1.165, 1.54) is 6.07 Å². The molecule has 1 heterocycles. The van der Waals surface area contributed by atoms with Gasteiger partial charge in [0, 0.05) is 25.2 Å². The summed E-state index contributed by atoms with van der Waals surface area (Å²) in [5.74, 6) is -0.695. The molecule has 0 radical (unpaired) electrons. The van der Waals surface area contributed by atoms with Crippen LogP contribution in [0.25, 0.3) is 0 Å². The Labute approximate surface area is 135 Å². The van der Waals surface area contributed by atoms with Gasteiger partial charge in [0.05, 0.1) is 5.69 Å². The minimum atomic E-state index is -0.571. The third kappa shape index (κ3) is 5.08. The van der Waals surface area contributed by atoms with Crippen LogP contribution in [0.5, 0.6) is 0 Å². The first-order valence-electron chi connectivity index (χ1n) is 7.83. The molecule has 0 aliphatic carbocycles. The molecule has 23 heavy (non-hydrogen) atoms. The Kier molecular flexibility index (Phi) is 5.12. The molecule has 0 aromatic heterocycles. The minimum absolute atomic E-state index is 0.170. The first kappa shape index (κ1) is 17.5. The van der Waals surface area contributed by atoms with Gasteiger partial charge in [-0.25, -0.2) is 13.6 Å². The Balaban J connectivity index is 2.07. The molecule has 0 bridgehead atoms. The number of carbonyl (C=O) groups excluding carboxylic acids is 1. The van der Waals surface area contributed by atoms with Gasteiger partial charge >= 0.3 is 6.09 Å². The number of alkyl carbamates (subject to hydrolysis) is 1. The van der Waals surface area contributed by atoms with E-state index < -0.39 is 23.3 Å². The maximum absolute atomic E-state index is 14.0. The fraction of sp³-hybridized carbons (Fsp3) is 0.588. The summed E-state index contributed by atoms with van der Waals surface area (Å²) in [7, 11) is 0. The van der Waals surface area contributed by atoms with E-state index in [-0.39, 0.29) is 17.6 Å². The number of ether oxygens (including phenoxy) is 1. The highest BCUT2D eigenvalue weighted by Crippen LogP contribution is 2.26. The summed E-state index contributed by atoms with van der Waals surface area (Å²) in [4.78, 5) is 13.7. The van der Waals surface area contributed by atoms with E-state index in [9.17, 15) is 13.6 Å². The SMILES string of the molecule is CC1CC(NC(=O)OC(C)(C)C)CN(c2cc(F)ccc2F)C1. The first-order valence-corrected chi connectivity index (χ1v) is 7.83. The van der Waals surface area contributed by atoms with Gasteiger partial charge in [-0.1, -0.05) is 6.92 Å². The number of carbonyl (C=O) groups is 1. The topological polar surface area (TPSA) is 41.6 Å². The third-order valence-corrected chi connectivity index (χ3v) is 3.63. The molecule has 1 amide bonds. The van der Waals surface area contributed by atoms with Crippen molar-refractivity contribution in [1.29, 1.82) is 0 Å². The van der Waals surface area contributed by atoms with Crippen molar-refractivity contribution in [2.45, 2.75) is 45.8 Å². The summed E-state index contributed by atoms with van der Waals surface area (Å²) < 4.78 is 32.6. The van der Waals surface area contributed by atoms with Crippen LogP contribution in [0, 0.1) is 17.6 Å². The number of halogens is 2. The summed E-state index contributed by atoms with van der Waals surface area (Å²) in [6.07, 6.45) is 0.281. The largest absolute Gasteiger partial charge is 0.444 e. The second-order valence-corrected chi connectivity index (χ2v) is 7.18. The zero-order valence-electron chi connectivity index (χ0n) is 14.0. The lowest BCUT2D eigenvalue weighted by molar-refractivity contribution is 0.0495. The highest BCUT2D eigenvalue weighted by molar-refractivity contribution is 5.68. The number of rotatable bonds is 2. The number of benzene rings is 1. The van der Waals surface area contributed by atoms with E-state index in [0.717, 1.165) is 18.6 Å². The average Bonchev–Trinajstić information content (AvgIpc) is 2.38. The van der Waals surface area contributed by atoms with Crippen LogP contribution in [-0.2, 0) is 4.74 Å². The number of amides is 1. The van der Waals surface area contributed by atoms with Crippen LogP contribution >= 0.6 is 0 Å². The van der Waals surface area contributed by atoms with Crippen LogP contribution in [0.15, 0.2) is 18.2 Å². The van der Waals surface area contributed by atoms with Gasteiger partial charge in [0.2, 0.25) is 0 Å². The fourth-order valence-electron chi connectivity index (χ4n) is 2.86. The third-order valence-electron chi connectivity index (χ3n) is 3.63. The molecule has 2 unspecified atom stereocenters. The lowest BCUT2D eigenvalue weighted by atomic mass is 9.95. The Bertz CT molecular complexity index is 572. The number of anilines is 1. The molecule has 0 saturated carbocycles. The molecule has 1 N–H and O–H groups in total. The van der Waals surface area contributed by atoms with E-state index >= 15 is 0 Å². The van der Waals surface area contributed by atoms with Crippen molar-refractivity contribution in [2.24, 2.45) is 5.92 Å². The van der Waals surface area contributed by atoms with E-state index in [4.69, 9.17) is 4.74 Å². The van der Waals surface area contributed by atoms with Gasteiger partial charge in [0.15, 0.2) is 0 Å². The summed E-state index contributed by atoms with van der Waals surface area (Å²) in [5.41, 5.74) is -0.342. The summed E-state index contributed by atoms with van der Waals surface area (Å²) in [6, 6.07) is 3.25. The minimum Gasteiger partial charge on any atom is -0.444 e. The number of piperidine rings is 1. The predicted octanol–water partition coefficient (Wildman–Crippen LogP) is 3.70. The van der Waals surface area contributed by atoms with Crippen molar-refractivity contribution < 1.29 is 18.3 Å². The Morgan fingerprint density at radius 1 is 1.30 bits per heavy atom. The van der Waals surface area contributed by atoms with Gasteiger partial charge in [-0.3, -0.25) is 0 Å². The summed E-state index contributed by atoms with van der Waals surface area (Å²) in [5, 5.41) is 2.82. The average molecular weight is 326 g/mol. The number of nitrogens with one attached hydrogen (secondary N) is 1. The van der Waals surface area contributed by atoms with E-state index in [0.29, 0.717) is 13.1 Å². The monoisotopic (exact) mass is 326 g/mol. The number of nitrogens with zero attached hydrogens (tertiary/aromatic N) is 1. The molecule has 1 aliphatic heterocycles. The Hall–Kier alpha value is -1.85. The molecular weight excluding hydrogens is 302 g/mol. The maximum atomic E-state index is 14.0. The van der Waals surface area contributed by atoms with Crippen LogP contribution < -0.4 is 10.2 Å². The lowest BCUT2D eigenvalue weighted by Gasteiger charge is -2.38. The molecular formula is C17H24F2N2O2. The standard InChI is InChI=1S/C17H24F2N2O2/c1-11-7-13(20-16(22)23-17(2,3)4)10-21(9-11)15-8-12(18)5-6-14(15)19/h5-6,8,11,13H,7,9-10H2,1-4H3,(H,20,22). The molecule has 1 aromatic carbocycles. The normalized spacial score (nSPS) is 21.9. The first-order chi connectivity index (χ1) is 10.6. The number of hydrogen-bond acceptors (Lipinski definition) is 3. The quantitative estimate of drug-likeness (QED) is 0.901. The maximum Gasteiger partial charge on any atom is 0.407 e. The molecule has 6 heteroatoms. The van der Waals surface area contributed by atoms with Crippen molar-refractivity contribution in [3.8, 4) is 0 Å². The second-order valence-electron chi connectivity index (χ2n) is 7.18. The number of hydrogen-bond donors (Lipinski definition) is 1. The predicted molar refractivity (Wildman–Crippen MR) is 85.5 cm³/mol. The van der Waals surface area contributed by atoms with Crippen LogP contribution in [0.4, 0.5) is 19.3 Å². The van der Waals surface area contributed by atoms with Gasteiger partial charge in [0.1, 0.15) is 17.2 Å². The molecule has 1 fully saturated rings. The Morgan fingerprint density at radius 3 is 2.65 bits per heavy atom. The smallest absolute Gasteiger partial charge is 0.407 e. The van der Waals surface area contributed by atoms with Crippen molar-refractivity contribution in [1.82, 2.24) is 5.32 Å². The van der Waals surface area contributed by atoms with Crippen molar-refractivity contribution >= 4 is 11.8 Å². The lowest BCUT2D eigenvalue weighted by Crippen LogP contribution is -2.51. The zero-order valence-corrected chi connectivity index (χ0v) is 14.0. The van der Waals surface area contributed by atoms with Crippen molar-refractivity contribution in [3.63, 3.8) is 0 Å². The van der Waals surface area contributed by atoms with Crippen molar-refractivity contribution in [3.05, 3.63) is 29.8 Å². The molecule has 0 spiro atoms. The summed E-state index contributed by atoms with van der Waals surface area (Å²) in [6.45, 7) is 8.45. The second kappa shape index (κ2) is 6.72. The van der Waals surface area contributed by atoms with Gasteiger partial charge in [-0.05, 0) is 45.2 Å². The van der Waals surface area contributed by atoms with Gasteiger partial charge in [0.25, 0.3) is 0 Å². The summed E-state index contributed by atoms with van der Waals surface area (Å²) >= 11 is 0. The molecule has 2 rings (SSSR count). The zero-order chi connectivity index (χ0) is 17.2. The molecule has 1 aromatic rings. The Morgan fingerprint density at radius 2 is 2.00 bits per heavy atom. The highest BCUT2D eigenvalue weighted by Gasteiger charge is 2.29. The van der Waals surface area contributed by atoms with E-state index in [1.54, 1.807) is 25.7 Å². The molecule has 128 valence electrons. The van der Waals surface area contributed by atoms with Crippen LogP contribution in [0.2, 0.25) is 0 Å². The van der Waals surface area contributed by atoms with Crippen LogP contribution in [0.3, 0.4) is 0 Å². The van der Waals surface area contributed by atoms with Crippen LogP contribution in [0.1, 0.15) is 34.1 Å². The van der Waals surface area contributed by atoms with Crippen molar-refractivity contribution in [2.75, 3.05) is 18.0 Å². The molecule has 2 atom stereocenters. The van der Waals surface area contributed by atoms with Gasteiger partial charge in [-0.2, -0.15) is 0 Å². The van der Waals surface area contributed by atoms with Gasteiger partial charge < -0.3 is 15.0 Å². The molecule has 4 nitrogen and oxygen atoms in total.